The van der Waals surface area contributed by atoms with Crippen molar-refractivity contribution in [2.75, 3.05) is 38.3 Å². The van der Waals surface area contributed by atoms with E-state index in [1.807, 2.05) is 11.9 Å². The van der Waals surface area contributed by atoms with Crippen LogP contribution in [0.3, 0.4) is 0 Å². The van der Waals surface area contributed by atoms with Gasteiger partial charge in [0.15, 0.2) is 17.2 Å². The van der Waals surface area contributed by atoms with Crippen molar-refractivity contribution in [3.05, 3.63) is 33.5 Å². The molecule has 2 aliphatic rings. The molecule has 43 heavy (non-hydrogen) atoms. The highest BCUT2D eigenvalue weighted by atomic mass is 32.1. The van der Waals surface area contributed by atoms with Crippen LogP contribution < -0.4 is 10.6 Å². The third kappa shape index (κ3) is 6.39. The molecule has 2 aliphatic carbocycles. The SMILES string of the molecule is CCCc1sc(N)c(C#N)c1C1CCCc2c(-c3nc(N(C)CC(C)(C)O)c4cn[nH]c4n3)noc21.CN(C)C1CCC1. The van der Waals surface area contributed by atoms with E-state index in [9.17, 15) is 10.4 Å². The fraction of sp³-hybridized carbons (Fsp3) is 0.581. The van der Waals surface area contributed by atoms with Crippen molar-refractivity contribution in [3.63, 3.8) is 0 Å². The summed E-state index contributed by atoms with van der Waals surface area (Å²) in [4.78, 5) is 14.9. The lowest BCUT2D eigenvalue weighted by Gasteiger charge is -2.31. The zero-order valence-electron chi connectivity index (χ0n) is 26.1. The molecule has 6 rings (SSSR count). The Bertz CT molecular complexity index is 1600. The number of nitrogen functional groups attached to an aromatic ring is 1. The first kappa shape index (κ1) is 30.9. The first-order valence-electron chi connectivity index (χ1n) is 15.1. The summed E-state index contributed by atoms with van der Waals surface area (Å²) in [6.45, 7) is 6.01. The van der Waals surface area contributed by atoms with Gasteiger partial charge in [-0.3, -0.25) is 5.10 Å². The zero-order chi connectivity index (χ0) is 30.9. The van der Waals surface area contributed by atoms with Crippen LogP contribution >= 0.6 is 11.3 Å². The van der Waals surface area contributed by atoms with E-state index in [-0.39, 0.29) is 5.92 Å². The van der Waals surface area contributed by atoms with Gasteiger partial charge in [-0.05, 0) is 72.0 Å². The van der Waals surface area contributed by atoms with Crippen LogP contribution in [-0.4, -0.2) is 74.7 Å². The minimum Gasteiger partial charge on any atom is -0.389 e. The lowest BCUT2D eigenvalue weighted by Crippen LogP contribution is -2.36. The normalized spacial score (nSPS) is 16.9. The van der Waals surface area contributed by atoms with Crippen molar-refractivity contribution in [1.29, 1.82) is 5.26 Å². The summed E-state index contributed by atoms with van der Waals surface area (Å²) in [6.07, 6.45) is 10.4. The molecule has 0 spiro atoms. The van der Waals surface area contributed by atoms with Crippen molar-refractivity contribution in [1.82, 2.24) is 30.2 Å². The molecule has 12 heteroatoms. The summed E-state index contributed by atoms with van der Waals surface area (Å²) in [5.74, 6) is 1.78. The number of anilines is 2. The number of nitrogens with one attached hydrogen (secondary N) is 1. The summed E-state index contributed by atoms with van der Waals surface area (Å²) in [6, 6.07) is 3.24. The van der Waals surface area contributed by atoms with E-state index >= 15 is 0 Å². The fourth-order valence-electron chi connectivity index (χ4n) is 6.08. The minimum atomic E-state index is -0.909. The summed E-state index contributed by atoms with van der Waals surface area (Å²) in [5.41, 5.74) is 9.03. The molecular formula is C31H43N9O2S. The number of thiophene rings is 1. The van der Waals surface area contributed by atoms with E-state index in [1.165, 1.54) is 30.6 Å². The Hall–Kier alpha value is -3.53. The number of aromatic amines is 1. The van der Waals surface area contributed by atoms with Crippen LogP contribution in [0.4, 0.5) is 10.8 Å². The van der Waals surface area contributed by atoms with Gasteiger partial charge in [0.1, 0.15) is 22.6 Å². The van der Waals surface area contributed by atoms with Crippen molar-refractivity contribution in [3.8, 4) is 17.6 Å². The summed E-state index contributed by atoms with van der Waals surface area (Å²) < 4.78 is 5.97. The number of hydrogen-bond donors (Lipinski definition) is 3. The Morgan fingerprint density at radius 3 is 2.58 bits per heavy atom. The number of likely N-dealkylation sites (N-methyl/N-ethyl adjacent to an activating group) is 1. The topological polar surface area (TPSA) is 157 Å². The number of nitrogens with two attached hydrogens (primary N) is 1. The first-order valence-corrected chi connectivity index (χ1v) is 15.9. The van der Waals surface area contributed by atoms with E-state index in [2.05, 4.69) is 47.3 Å². The van der Waals surface area contributed by atoms with Gasteiger partial charge in [-0.1, -0.05) is 24.9 Å². The molecule has 230 valence electrons. The monoisotopic (exact) mass is 605 g/mol. The zero-order valence-corrected chi connectivity index (χ0v) is 26.9. The molecule has 0 amide bonds. The largest absolute Gasteiger partial charge is 0.389 e. The lowest BCUT2D eigenvalue weighted by atomic mass is 9.81. The molecular weight excluding hydrogens is 562 g/mol. The maximum atomic E-state index is 10.4. The Labute approximate surface area is 257 Å². The van der Waals surface area contributed by atoms with Gasteiger partial charge in [0.2, 0.25) is 0 Å². The van der Waals surface area contributed by atoms with Gasteiger partial charge < -0.3 is 25.2 Å². The van der Waals surface area contributed by atoms with E-state index in [1.54, 1.807) is 20.0 Å². The van der Waals surface area contributed by atoms with Crippen molar-refractivity contribution in [2.24, 2.45) is 0 Å². The molecule has 1 unspecified atom stereocenters. The Morgan fingerprint density at radius 1 is 1.21 bits per heavy atom. The third-order valence-electron chi connectivity index (χ3n) is 8.33. The maximum absolute atomic E-state index is 10.4. The second kappa shape index (κ2) is 12.6. The van der Waals surface area contributed by atoms with Crippen LogP contribution in [-0.2, 0) is 12.8 Å². The molecule has 0 aliphatic heterocycles. The van der Waals surface area contributed by atoms with E-state index in [0.717, 1.165) is 65.3 Å². The van der Waals surface area contributed by atoms with Gasteiger partial charge >= 0.3 is 0 Å². The van der Waals surface area contributed by atoms with Crippen LogP contribution in [0.2, 0.25) is 0 Å². The van der Waals surface area contributed by atoms with Crippen LogP contribution in [0.25, 0.3) is 22.6 Å². The van der Waals surface area contributed by atoms with Crippen molar-refractivity contribution in [2.45, 2.75) is 89.7 Å². The average Bonchev–Trinajstić information content (AvgIpc) is 3.62. The molecule has 1 fully saturated rings. The second-order valence-corrected chi connectivity index (χ2v) is 13.7. The average molecular weight is 606 g/mol. The molecule has 0 radical (unpaired) electrons. The van der Waals surface area contributed by atoms with Gasteiger partial charge in [-0.15, -0.1) is 11.3 Å². The highest BCUT2D eigenvalue weighted by molar-refractivity contribution is 7.16. The van der Waals surface area contributed by atoms with Crippen LogP contribution in [0, 0.1) is 11.3 Å². The van der Waals surface area contributed by atoms with Gasteiger partial charge in [-0.25, -0.2) is 9.97 Å². The molecule has 4 aromatic heterocycles. The third-order valence-corrected chi connectivity index (χ3v) is 9.43. The first-order chi connectivity index (χ1) is 20.5. The smallest absolute Gasteiger partial charge is 0.186 e. The van der Waals surface area contributed by atoms with Crippen LogP contribution in [0.1, 0.15) is 92.5 Å². The van der Waals surface area contributed by atoms with Gasteiger partial charge in [0.05, 0.1) is 22.7 Å². The lowest BCUT2D eigenvalue weighted by molar-refractivity contribution is 0.0885. The molecule has 1 saturated carbocycles. The minimum absolute atomic E-state index is 0.0760. The predicted molar refractivity (Wildman–Crippen MR) is 170 cm³/mol. The van der Waals surface area contributed by atoms with Crippen LogP contribution in [0.15, 0.2) is 10.7 Å². The highest BCUT2D eigenvalue weighted by Crippen LogP contribution is 2.46. The number of H-pyrrole nitrogens is 1. The number of aromatic nitrogens is 5. The summed E-state index contributed by atoms with van der Waals surface area (Å²) >= 11 is 1.51. The molecule has 4 N–H and O–H groups in total. The number of nitriles is 1. The fourth-order valence-corrected chi connectivity index (χ4v) is 7.27. The second-order valence-electron chi connectivity index (χ2n) is 12.6. The van der Waals surface area contributed by atoms with Gasteiger partial charge in [-0.2, -0.15) is 10.4 Å². The maximum Gasteiger partial charge on any atom is 0.186 e. The predicted octanol–water partition coefficient (Wildman–Crippen LogP) is 5.25. The number of fused-ring (bicyclic) bond motifs is 2. The number of hydrogen-bond acceptors (Lipinski definition) is 11. The number of aliphatic hydroxyl groups is 1. The summed E-state index contributed by atoms with van der Waals surface area (Å²) in [7, 11) is 6.19. The van der Waals surface area contributed by atoms with Gasteiger partial charge in [0, 0.05) is 36.0 Å². The van der Waals surface area contributed by atoms with Crippen molar-refractivity contribution >= 4 is 33.2 Å². The molecule has 4 aromatic rings. The van der Waals surface area contributed by atoms with E-state index in [4.69, 9.17) is 20.2 Å². The Morgan fingerprint density at radius 2 is 1.98 bits per heavy atom. The van der Waals surface area contributed by atoms with E-state index < -0.39 is 5.60 Å². The Balaban J connectivity index is 0.000000463. The Kier molecular flexibility index (Phi) is 9.06. The number of nitrogens with zero attached hydrogens (tertiary/aromatic N) is 7. The standard InChI is InChI=1S/C25H30N8O2S.C6H13N/c1-5-7-17-18(15(10-26)21(27)36-17)13-8-6-9-14-19(32-35-20(13)14)23-29-22-16(11-28-31-22)24(30-23)33(4)12-25(2,3)34;1-7(2)6-4-3-5-6/h11,13,34H,5-9,12,27H2,1-4H3,(H,28,29,30,31);6H,3-5H2,1-2H3. The molecule has 0 bridgehead atoms. The van der Waals surface area contributed by atoms with Crippen LogP contribution in [0.5, 0.6) is 0 Å². The van der Waals surface area contributed by atoms with Crippen molar-refractivity contribution < 1.29 is 9.63 Å². The summed E-state index contributed by atoms with van der Waals surface area (Å²) in [5, 5.41) is 33.1. The molecule has 11 nitrogen and oxygen atoms in total. The quantitative estimate of drug-likeness (QED) is 0.242. The number of aryl methyl sites for hydroxylation is 1. The molecule has 1 atom stereocenters. The molecule has 0 saturated heterocycles. The van der Waals surface area contributed by atoms with Gasteiger partial charge in [0.25, 0.3) is 0 Å². The number of rotatable bonds is 8. The highest BCUT2D eigenvalue weighted by Gasteiger charge is 2.35. The molecule has 4 heterocycles. The molecule has 0 aromatic carbocycles. The van der Waals surface area contributed by atoms with E-state index in [0.29, 0.717) is 40.1 Å².